The highest BCUT2D eigenvalue weighted by Gasteiger charge is 2.11. The van der Waals surface area contributed by atoms with Crippen LogP contribution in [0.25, 0.3) is 0 Å². The smallest absolute Gasteiger partial charge is 0.322 e. The van der Waals surface area contributed by atoms with Crippen LogP contribution in [0.2, 0.25) is 0 Å². The Labute approximate surface area is 133 Å². The van der Waals surface area contributed by atoms with Crippen LogP contribution < -0.4 is 15.1 Å². The fourth-order valence-corrected chi connectivity index (χ4v) is 2.05. The monoisotopic (exact) mass is 308 g/mol. The van der Waals surface area contributed by atoms with Crippen molar-refractivity contribution in [1.29, 1.82) is 0 Å². The molecule has 0 amide bonds. The lowest BCUT2D eigenvalue weighted by atomic mass is 10.1. The molecule has 116 valence electrons. The van der Waals surface area contributed by atoms with Crippen molar-refractivity contribution in [1.82, 2.24) is 5.27 Å². The van der Waals surface area contributed by atoms with Gasteiger partial charge in [-0.25, -0.2) is 4.99 Å². The van der Waals surface area contributed by atoms with Crippen LogP contribution in [0.5, 0.6) is 0 Å². The SMILES string of the molecule is Cc1ccc(C[n+]2cc(/N=C(\[O-])Nc3ccccc3)on2)cc1. The van der Waals surface area contributed by atoms with Gasteiger partial charge in [-0.05, 0) is 23.7 Å². The van der Waals surface area contributed by atoms with Gasteiger partial charge in [0.05, 0.1) is 6.02 Å². The molecule has 6 heteroatoms. The molecule has 1 N–H and O–H groups in total. The number of para-hydroxylation sites is 1. The fourth-order valence-electron chi connectivity index (χ4n) is 2.05. The Morgan fingerprint density at radius 3 is 2.65 bits per heavy atom. The molecule has 0 atom stereocenters. The predicted molar refractivity (Wildman–Crippen MR) is 84.1 cm³/mol. The van der Waals surface area contributed by atoms with Crippen LogP contribution in [-0.4, -0.2) is 11.3 Å². The van der Waals surface area contributed by atoms with Gasteiger partial charge < -0.3 is 10.4 Å². The lowest BCUT2D eigenvalue weighted by Gasteiger charge is -2.11. The van der Waals surface area contributed by atoms with Crippen molar-refractivity contribution in [2.24, 2.45) is 4.99 Å². The number of amidine groups is 1. The largest absolute Gasteiger partial charge is 0.846 e. The van der Waals surface area contributed by atoms with Crippen LogP contribution in [0.3, 0.4) is 0 Å². The van der Waals surface area contributed by atoms with Gasteiger partial charge in [0, 0.05) is 11.3 Å². The maximum Gasteiger partial charge on any atom is 0.322 e. The van der Waals surface area contributed by atoms with Crippen molar-refractivity contribution >= 4 is 17.6 Å². The van der Waals surface area contributed by atoms with E-state index in [9.17, 15) is 5.11 Å². The van der Waals surface area contributed by atoms with Crippen LogP contribution in [-0.2, 0) is 6.54 Å². The van der Waals surface area contributed by atoms with Crippen LogP contribution in [0.4, 0.5) is 11.6 Å². The van der Waals surface area contributed by atoms with Gasteiger partial charge in [-0.2, -0.15) is 0 Å². The van der Waals surface area contributed by atoms with E-state index in [1.54, 1.807) is 23.0 Å². The van der Waals surface area contributed by atoms with E-state index in [1.807, 2.05) is 49.4 Å². The first-order valence-corrected chi connectivity index (χ1v) is 7.19. The summed E-state index contributed by atoms with van der Waals surface area (Å²) < 4.78 is 6.65. The van der Waals surface area contributed by atoms with Crippen LogP contribution >= 0.6 is 0 Å². The summed E-state index contributed by atoms with van der Waals surface area (Å²) in [6.45, 7) is 2.59. The van der Waals surface area contributed by atoms with E-state index < -0.39 is 6.02 Å². The molecular formula is C17H16N4O2. The quantitative estimate of drug-likeness (QED) is 0.453. The highest BCUT2D eigenvalue weighted by Crippen LogP contribution is 2.09. The first-order chi connectivity index (χ1) is 11.2. The molecular weight excluding hydrogens is 292 g/mol. The van der Waals surface area contributed by atoms with Crippen molar-refractivity contribution in [3.8, 4) is 0 Å². The Morgan fingerprint density at radius 2 is 1.91 bits per heavy atom. The molecule has 2 aromatic carbocycles. The summed E-state index contributed by atoms with van der Waals surface area (Å²) in [6.07, 6.45) is 1.59. The minimum atomic E-state index is -0.505. The number of benzene rings is 2. The number of nitrogens with zero attached hydrogens (tertiary/aromatic N) is 3. The van der Waals surface area contributed by atoms with Gasteiger partial charge in [0.2, 0.25) is 11.8 Å². The number of hydrogen-bond acceptors (Lipinski definition) is 4. The number of aryl methyl sites for hydroxylation is 1. The number of anilines is 1. The lowest BCUT2D eigenvalue weighted by Crippen LogP contribution is -2.35. The molecule has 0 fully saturated rings. The number of nitrogens with one attached hydrogen (secondary N) is 1. The van der Waals surface area contributed by atoms with Crippen molar-refractivity contribution in [2.45, 2.75) is 13.5 Å². The second-order valence-corrected chi connectivity index (χ2v) is 5.13. The van der Waals surface area contributed by atoms with Crippen molar-refractivity contribution in [3.05, 3.63) is 71.9 Å². The molecule has 6 nitrogen and oxygen atoms in total. The van der Waals surface area contributed by atoms with Crippen molar-refractivity contribution < 1.29 is 14.3 Å². The Balaban J connectivity index is 1.66. The zero-order chi connectivity index (χ0) is 16.1. The third kappa shape index (κ3) is 4.16. The number of rotatable bonds is 4. The first-order valence-electron chi connectivity index (χ1n) is 7.19. The summed E-state index contributed by atoms with van der Waals surface area (Å²) in [5, 5.41) is 18.3. The van der Waals surface area contributed by atoms with E-state index in [-0.39, 0.29) is 5.88 Å². The van der Waals surface area contributed by atoms with E-state index in [0.29, 0.717) is 12.2 Å². The highest BCUT2D eigenvalue weighted by molar-refractivity contribution is 5.86. The molecule has 1 heterocycles. The van der Waals surface area contributed by atoms with Gasteiger partial charge in [0.15, 0.2) is 0 Å². The van der Waals surface area contributed by atoms with Crippen LogP contribution in [0.1, 0.15) is 11.1 Å². The minimum absolute atomic E-state index is 0.158. The summed E-state index contributed by atoms with van der Waals surface area (Å²) in [6, 6.07) is 16.7. The fraction of sp³-hybridized carbons (Fsp3) is 0.118. The molecule has 0 aliphatic rings. The molecule has 3 aromatic rings. The molecule has 0 aliphatic heterocycles. The summed E-state index contributed by atoms with van der Waals surface area (Å²) >= 11 is 0. The van der Waals surface area contributed by atoms with Gasteiger partial charge in [-0.15, -0.1) is 0 Å². The molecule has 0 saturated heterocycles. The number of aromatic nitrogens is 2. The lowest BCUT2D eigenvalue weighted by molar-refractivity contribution is -0.754. The topological polar surface area (TPSA) is 77.4 Å². The molecule has 23 heavy (non-hydrogen) atoms. The third-order valence-corrected chi connectivity index (χ3v) is 3.20. The van der Waals surface area contributed by atoms with Crippen LogP contribution in [0.15, 0.2) is 70.3 Å². The normalized spacial score (nSPS) is 11.4. The van der Waals surface area contributed by atoms with E-state index in [0.717, 1.165) is 5.56 Å². The van der Waals surface area contributed by atoms with Gasteiger partial charge >= 0.3 is 5.88 Å². The van der Waals surface area contributed by atoms with E-state index in [1.165, 1.54) is 5.56 Å². The van der Waals surface area contributed by atoms with Gasteiger partial charge in [0.1, 0.15) is 0 Å². The average Bonchev–Trinajstić information content (AvgIpc) is 2.97. The molecule has 0 spiro atoms. The predicted octanol–water partition coefficient (Wildman–Crippen LogP) is 1.78. The summed E-state index contributed by atoms with van der Waals surface area (Å²) in [5.74, 6) is 0.158. The first kappa shape index (κ1) is 14.8. The maximum absolute atomic E-state index is 11.8. The standard InChI is InChI=1S/C17H16N4O2/c1-13-7-9-14(10-8-13)11-21-12-16(23-20-21)19-17(22)18-15-5-3-2-4-6-15/h2-10,12H,11H2,1H3,(H-,18,19,20,22). The Bertz CT molecular complexity index is 795. The Morgan fingerprint density at radius 1 is 1.17 bits per heavy atom. The van der Waals surface area contributed by atoms with E-state index in [4.69, 9.17) is 4.52 Å². The molecule has 1 aromatic heterocycles. The van der Waals surface area contributed by atoms with E-state index >= 15 is 0 Å². The van der Waals surface area contributed by atoms with Crippen LogP contribution in [0, 0.1) is 6.92 Å². The molecule has 0 saturated carbocycles. The van der Waals surface area contributed by atoms with Gasteiger partial charge in [0.25, 0.3) is 6.20 Å². The van der Waals surface area contributed by atoms with Gasteiger partial charge in [-0.1, -0.05) is 48.0 Å². The molecule has 0 unspecified atom stereocenters. The second kappa shape index (κ2) is 6.74. The molecule has 3 rings (SSSR count). The van der Waals surface area contributed by atoms with Crippen molar-refractivity contribution in [3.63, 3.8) is 0 Å². The molecule has 0 aliphatic carbocycles. The second-order valence-electron chi connectivity index (χ2n) is 5.13. The molecule has 0 bridgehead atoms. The Hall–Kier alpha value is -3.15. The third-order valence-electron chi connectivity index (χ3n) is 3.20. The van der Waals surface area contributed by atoms with Gasteiger partial charge in [-0.3, -0.25) is 4.52 Å². The zero-order valence-corrected chi connectivity index (χ0v) is 12.6. The van der Waals surface area contributed by atoms with E-state index in [2.05, 4.69) is 15.6 Å². The van der Waals surface area contributed by atoms with Crippen molar-refractivity contribution in [2.75, 3.05) is 5.32 Å². The number of aliphatic imine (C=N–C) groups is 1. The Kier molecular flexibility index (Phi) is 4.33. The minimum Gasteiger partial charge on any atom is -0.846 e. The summed E-state index contributed by atoms with van der Waals surface area (Å²) in [7, 11) is 0. The maximum atomic E-state index is 11.8. The summed E-state index contributed by atoms with van der Waals surface area (Å²) in [4.78, 5) is 3.83. The molecule has 0 radical (unpaired) electrons. The highest BCUT2D eigenvalue weighted by atomic mass is 16.5. The zero-order valence-electron chi connectivity index (χ0n) is 12.6. The summed E-state index contributed by atoms with van der Waals surface area (Å²) in [5.41, 5.74) is 2.97. The number of hydrogen-bond donors (Lipinski definition) is 1. The average molecular weight is 308 g/mol.